The Morgan fingerprint density at radius 2 is 1.65 bits per heavy atom. The Balaban J connectivity index is -0.000000177. The summed E-state index contributed by atoms with van der Waals surface area (Å²) in [6.07, 6.45) is 1.06. The maximum Gasteiger partial charge on any atom is 0.332 e. The fourth-order valence-electron chi connectivity index (χ4n) is 0.174. The standard InChI is InChI=1S/C5H8O2.C4H5N.C3H5NO/c1-4(2)5(6)7-3;1-4(2)3-5;1-2-3(4)5/h1H2,2-3H3;1H2,2H3;2H,1H2,(H2,4,5). The fraction of sp³-hybridized carbons (Fsp3) is 0.250. The lowest BCUT2D eigenvalue weighted by Gasteiger charge is -1.91. The third kappa shape index (κ3) is 31.7. The number of primary amides is 1. The van der Waals surface area contributed by atoms with Gasteiger partial charge in [0.05, 0.1) is 13.2 Å². The lowest BCUT2D eigenvalue weighted by atomic mass is 10.4. The van der Waals surface area contributed by atoms with Gasteiger partial charge in [0, 0.05) is 11.1 Å². The molecule has 0 saturated carbocycles. The molecule has 0 aliphatic carbocycles. The molecule has 2 N–H and O–H groups in total. The Kier molecular flexibility index (Phi) is 16.1. The number of esters is 1. The number of allylic oxidation sites excluding steroid dienone is 1. The van der Waals surface area contributed by atoms with E-state index >= 15 is 0 Å². The molecule has 0 aromatic heterocycles. The molecule has 0 fully saturated rings. The molecule has 17 heavy (non-hydrogen) atoms. The van der Waals surface area contributed by atoms with Crippen LogP contribution in [0.5, 0.6) is 0 Å². The van der Waals surface area contributed by atoms with Crippen molar-refractivity contribution in [2.45, 2.75) is 13.8 Å². The van der Waals surface area contributed by atoms with Crippen molar-refractivity contribution in [2.24, 2.45) is 5.73 Å². The first-order valence-electron chi connectivity index (χ1n) is 4.44. The summed E-state index contributed by atoms with van der Waals surface area (Å²) in [6.45, 7) is 13.0. The fourth-order valence-corrected chi connectivity index (χ4v) is 0.174. The van der Waals surface area contributed by atoms with E-state index in [1.54, 1.807) is 13.8 Å². The van der Waals surface area contributed by atoms with Crippen LogP contribution in [0.2, 0.25) is 0 Å². The maximum atomic E-state index is 10.2. The lowest BCUT2D eigenvalue weighted by Crippen LogP contribution is -2.04. The highest BCUT2D eigenvalue weighted by atomic mass is 16.5. The first kappa shape index (κ1) is 20.1. The zero-order valence-electron chi connectivity index (χ0n) is 10.4. The van der Waals surface area contributed by atoms with Crippen molar-refractivity contribution >= 4 is 11.9 Å². The maximum absolute atomic E-state index is 10.2. The van der Waals surface area contributed by atoms with E-state index < -0.39 is 5.91 Å². The van der Waals surface area contributed by atoms with Crippen LogP contribution in [0.25, 0.3) is 0 Å². The summed E-state index contributed by atoms with van der Waals surface area (Å²) in [7, 11) is 1.33. The molecule has 0 heterocycles. The molecule has 0 saturated heterocycles. The summed E-state index contributed by atoms with van der Waals surface area (Å²) >= 11 is 0. The van der Waals surface area contributed by atoms with E-state index in [2.05, 4.69) is 30.2 Å². The number of rotatable bonds is 2. The molecule has 0 rings (SSSR count). The van der Waals surface area contributed by atoms with Gasteiger partial charge in [-0.25, -0.2) is 4.79 Å². The second kappa shape index (κ2) is 13.7. The van der Waals surface area contributed by atoms with Crippen molar-refractivity contribution in [3.05, 3.63) is 37.0 Å². The molecule has 0 spiro atoms. The van der Waals surface area contributed by atoms with E-state index in [-0.39, 0.29) is 5.97 Å². The number of carbonyl (C=O) groups is 2. The van der Waals surface area contributed by atoms with E-state index in [4.69, 9.17) is 5.26 Å². The largest absolute Gasteiger partial charge is 0.466 e. The highest BCUT2D eigenvalue weighted by Crippen LogP contribution is 1.87. The molecule has 5 nitrogen and oxygen atoms in total. The number of amides is 1. The van der Waals surface area contributed by atoms with Crippen molar-refractivity contribution in [1.29, 1.82) is 5.26 Å². The molecule has 0 aliphatic rings. The van der Waals surface area contributed by atoms with Gasteiger partial charge >= 0.3 is 5.97 Å². The number of nitrogens with zero attached hydrogens (tertiary/aromatic N) is 1. The van der Waals surface area contributed by atoms with Crippen LogP contribution in [0.15, 0.2) is 37.0 Å². The van der Waals surface area contributed by atoms with Crippen LogP contribution in [0.1, 0.15) is 13.8 Å². The Bertz CT molecular complexity index is 338. The predicted molar refractivity (Wildman–Crippen MR) is 66.6 cm³/mol. The second-order valence-corrected chi connectivity index (χ2v) is 2.77. The van der Waals surface area contributed by atoms with Crippen LogP contribution in [0.4, 0.5) is 0 Å². The van der Waals surface area contributed by atoms with Crippen molar-refractivity contribution in [1.82, 2.24) is 0 Å². The summed E-state index contributed by atoms with van der Waals surface area (Å²) in [6, 6.07) is 1.83. The molecule has 0 radical (unpaired) electrons. The molecular formula is C12H18N2O3. The van der Waals surface area contributed by atoms with E-state index in [0.717, 1.165) is 6.08 Å². The molecule has 1 amide bonds. The summed E-state index contributed by atoms with van der Waals surface area (Å²) in [5.41, 5.74) is 5.53. The molecule has 0 aromatic rings. The molecule has 0 unspecified atom stereocenters. The average Bonchev–Trinajstić information content (AvgIpc) is 2.29. The van der Waals surface area contributed by atoms with Gasteiger partial charge in [-0.05, 0) is 19.9 Å². The van der Waals surface area contributed by atoms with Gasteiger partial charge in [-0.15, -0.1) is 0 Å². The van der Waals surface area contributed by atoms with E-state index in [1.807, 2.05) is 6.07 Å². The first-order valence-corrected chi connectivity index (χ1v) is 4.44. The molecule has 0 aliphatic heterocycles. The summed E-state index contributed by atoms with van der Waals surface area (Å²) in [4.78, 5) is 19.7. The smallest absolute Gasteiger partial charge is 0.332 e. The van der Waals surface area contributed by atoms with Gasteiger partial charge in [0.2, 0.25) is 5.91 Å². The van der Waals surface area contributed by atoms with Gasteiger partial charge in [0.25, 0.3) is 0 Å². The van der Waals surface area contributed by atoms with Crippen LogP contribution < -0.4 is 5.73 Å². The number of hydrogen-bond acceptors (Lipinski definition) is 4. The zero-order chi connectivity index (χ0) is 14.4. The topological polar surface area (TPSA) is 93.2 Å². The Morgan fingerprint density at radius 3 is 1.65 bits per heavy atom. The second-order valence-electron chi connectivity index (χ2n) is 2.77. The minimum atomic E-state index is -0.481. The summed E-state index contributed by atoms with van der Waals surface area (Å²) in [5, 5.41) is 7.79. The first-order chi connectivity index (χ1) is 7.72. The average molecular weight is 238 g/mol. The van der Waals surface area contributed by atoms with E-state index in [1.165, 1.54) is 7.11 Å². The quantitative estimate of drug-likeness (QED) is 0.448. The van der Waals surface area contributed by atoms with Crippen molar-refractivity contribution in [2.75, 3.05) is 7.11 Å². The summed E-state index contributed by atoms with van der Waals surface area (Å²) in [5.74, 6) is -0.829. The molecule has 0 aromatic carbocycles. The minimum absolute atomic E-state index is 0.347. The molecule has 0 bridgehead atoms. The highest BCUT2D eigenvalue weighted by Gasteiger charge is 1.95. The molecule has 94 valence electrons. The van der Waals surface area contributed by atoms with Gasteiger partial charge in [-0.2, -0.15) is 5.26 Å². The number of carbonyl (C=O) groups excluding carboxylic acids is 2. The highest BCUT2D eigenvalue weighted by molar-refractivity contribution is 5.86. The predicted octanol–water partition coefficient (Wildman–Crippen LogP) is 1.48. The van der Waals surface area contributed by atoms with Gasteiger partial charge < -0.3 is 10.5 Å². The Labute approximate surface area is 102 Å². The van der Waals surface area contributed by atoms with Crippen LogP contribution in [0, 0.1) is 11.3 Å². The molecule has 5 heteroatoms. The summed E-state index contributed by atoms with van der Waals surface area (Å²) < 4.78 is 4.27. The van der Waals surface area contributed by atoms with Gasteiger partial charge in [-0.1, -0.05) is 19.7 Å². The van der Waals surface area contributed by atoms with Gasteiger partial charge in [-0.3, -0.25) is 4.79 Å². The van der Waals surface area contributed by atoms with Crippen molar-refractivity contribution in [3.8, 4) is 6.07 Å². The zero-order valence-corrected chi connectivity index (χ0v) is 10.4. The van der Waals surface area contributed by atoms with Crippen LogP contribution >= 0.6 is 0 Å². The van der Waals surface area contributed by atoms with E-state index in [0.29, 0.717) is 11.1 Å². The van der Waals surface area contributed by atoms with Gasteiger partial charge in [0.15, 0.2) is 0 Å². The lowest BCUT2D eigenvalue weighted by molar-refractivity contribution is -0.136. The van der Waals surface area contributed by atoms with Crippen LogP contribution in [-0.2, 0) is 14.3 Å². The normalized spacial score (nSPS) is 6.71. The van der Waals surface area contributed by atoms with Gasteiger partial charge in [0.1, 0.15) is 0 Å². The number of nitriles is 1. The minimum Gasteiger partial charge on any atom is -0.466 e. The van der Waals surface area contributed by atoms with Crippen LogP contribution in [-0.4, -0.2) is 19.0 Å². The van der Waals surface area contributed by atoms with Crippen LogP contribution in [0.3, 0.4) is 0 Å². The molecule has 0 atom stereocenters. The number of hydrogen-bond donors (Lipinski definition) is 1. The molecular weight excluding hydrogens is 220 g/mol. The third-order valence-electron chi connectivity index (χ3n) is 0.926. The SMILES string of the molecule is C=C(C)C#N.C=C(C)C(=O)OC.C=CC(N)=O. The number of methoxy groups -OCH3 is 1. The monoisotopic (exact) mass is 238 g/mol. The Morgan fingerprint density at radius 1 is 1.35 bits per heavy atom. The Hall–Kier alpha value is -2.35. The van der Waals surface area contributed by atoms with Crippen molar-refractivity contribution < 1.29 is 14.3 Å². The number of ether oxygens (including phenoxy) is 1. The van der Waals surface area contributed by atoms with E-state index in [9.17, 15) is 9.59 Å². The van der Waals surface area contributed by atoms with Crippen molar-refractivity contribution in [3.63, 3.8) is 0 Å². The number of nitrogens with two attached hydrogens (primary N) is 1. The third-order valence-corrected chi connectivity index (χ3v) is 0.926.